The average molecular weight is 358 g/mol. The summed E-state index contributed by atoms with van der Waals surface area (Å²) in [4.78, 5) is 24.7. The first-order valence-corrected chi connectivity index (χ1v) is 8.59. The molecule has 1 aromatic carbocycles. The van der Waals surface area contributed by atoms with Crippen molar-refractivity contribution in [1.29, 1.82) is 5.26 Å². The fourth-order valence-electron chi connectivity index (χ4n) is 1.95. The van der Waals surface area contributed by atoms with Crippen LogP contribution < -0.4 is 10.1 Å². The largest absolute Gasteiger partial charge is 0.479 e. The van der Waals surface area contributed by atoms with Crippen LogP contribution >= 0.6 is 11.3 Å². The Hall–Kier alpha value is -2.85. The summed E-state index contributed by atoms with van der Waals surface area (Å²) < 4.78 is 10.4. The maximum atomic E-state index is 11.9. The first-order chi connectivity index (χ1) is 12.1. The van der Waals surface area contributed by atoms with E-state index in [2.05, 4.69) is 5.32 Å². The SMILES string of the molecule is C[C@@H](Oc1ccc(C#N)cc1)C(=O)OCC(=O)NCCc1cccs1. The number of amides is 1. The number of nitrogens with zero attached hydrogens (tertiary/aromatic N) is 1. The number of benzene rings is 1. The average Bonchev–Trinajstić information content (AvgIpc) is 3.13. The minimum Gasteiger partial charge on any atom is -0.479 e. The van der Waals surface area contributed by atoms with Crippen molar-refractivity contribution >= 4 is 23.2 Å². The molecule has 1 aromatic heterocycles. The Morgan fingerprint density at radius 3 is 2.68 bits per heavy atom. The third-order valence-electron chi connectivity index (χ3n) is 3.25. The number of carbonyl (C=O) groups excluding carboxylic acids is 2. The van der Waals surface area contributed by atoms with Crippen LogP contribution in [0.5, 0.6) is 5.75 Å². The predicted octanol–water partition coefficient (Wildman–Crippen LogP) is 2.29. The molecule has 25 heavy (non-hydrogen) atoms. The van der Waals surface area contributed by atoms with Crippen molar-refractivity contribution in [3.8, 4) is 11.8 Å². The minimum absolute atomic E-state index is 0.343. The second kappa shape index (κ2) is 9.45. The summed E-state index contributed by atoms with van der Waals surface area (Å²) in [6.07, 6.45) is -0.109. The molecule has 6 nitrogen and oxygen atoms in total. The van der Waals surface area contributed by atoms with E-state index < -0.39 is 12.1 Å². The molecule has 0 aliphatic carbocycles. The van der Waals surface area contributed by atoms with Crippen LogP contribution in [0.4, 0.5) is 0 Å². The Labute approximate surface area is 150 Å². The van der Waals surface area contributed by atoms with E-state index in [1.165, 1.54) is 11.8 Å². The Morgan fingerprint density at radius 2 is 2.04 bits per heavy atom. The highest BCUT2D eigenvalue weighted by Crippen LogP contribution is 2.14. The Balaban J connectivity index is 1.67. The molecular weight excluding hydrogens is 340 g/mol. The molecule has 7 heteroatoms. The van der Waals surface area contributed by atoms with Crippen molar-refractivity contribution in [2.75, 3.05) is 13.2 Å². The first kappa shape index (κ1) is 18.5. The zero-order valence-electron chi connectivity index (χ0n) is 13.7. The lowest BCUT2D eigenvalue weighted by atomic mass is 10.2. The van der Waals surface area contributed by atoms with Gasteiger partial charge in [0, 0.05) is 11.4 Å². The van der Waals surface area contributed by atoms with E-state index in [0.29, 0.717) is 17.9 Å². The predicted molar refractivity (Wildman–Crippen MR) is 93.2 cm³/mol. The van der Waals surface area contributed by atoms with E-state index >= 15 is 0 Å². The quantitative estimate of drug-likeness (QED) is 0.732. The molecule has 1 atom stereocenters. The van der Waals surface area contributed by atoms with Gasteiger partial charge in [-0.05, 0) is 49.1 Å². The van der Waals surface area contributed by atoms with Crippen molar-refractivity contribution in [2.24, 2.45) is 0 Å². The van der Waals surface area contributed by atoms with Crippen molar-refractivity contribution in [1.82, 2.24) is 5.32 Å². The van der Waals surface area contributed by atoms with Crippen LogP contribution in [0.25, 0.3) is 0 Å². The Kier molecular flexibility index (Phi) is 6.99. The van der Waals surface area contributed by atoms with Gasteiger partial charge >= 0.3 is 5.97 Å². The molecule has 0 fully saturated rings. The maximum Gasteiger partial charge on any atom is 0.347 e. The molecule has 1 amide bonds. The smallest absolute Gasteiger partial charge is 0.347 e. The zero-order valence-corrected chi connectivity index (χ0v) is 14.5. The van der Waals surface area contributed by atoms with Crippen molar-refractivity contribution in [3.63, 3.8) is 0 Å². The van der Waals surface area contributed by atoms with Crippen molar-refractivity contribution in [2.45, 2.75) is 19.4 Å². The summed E-state index contributed by atoms with van der Waals surface area (Å²) in [5, 5.41) is 13.4. The summed E-state index contributed by atoms with van der Waals surface area (Å²) >= 11 is 1.63. The molecule has 0 unspecified atom stereocenters. The van der Waals surface area contributed by atoms with Gasteiger partial charge in [0.05, 0.1) is 11.6 Å². The van der Waals surface area contributed by atoms with Crippen LogP contribution in [0.15, 0.2) is 41.8 Å². The molecule has 1 heterocycles. The number of esters is 1. The second-order valence-corrected chi connectivity index (χ2v) is 6.22. The fraction of sp³-hybridized carbons (Fsp3) is 0.278. The monoisotopic (exact) mass is 358 g/mol. The van der Waals surface area contributed by atoms with Gasteiger partial charge in [0.25, 0.3) is 5.91 Å². The lowest BCUT2D eigenvalue weighted by molar-refractivity contribution is -0.154. The van der Waals surface area contributed by atoms with Crippen LogP contribution in [0, 0.1) is 11.3 Å². The molecule has 2 aromatic rings. The van der Waals surface area contributed by atoms with E-state index in [1.54, 1.807) is 35.6 Å². The molecule has 1 N–H and O–H groups in total. The zero-order chi connectivity index (χ0) is 18.1. The van der Waals surface area contributed by atoms with Gasteiger partial charge in [-0.15, -0.1) is 11.3 Å². The third-order valence-corrected chi connectivity index (χ3v) is 4.18. The summed E-state index contributed by atoms with van der Waals surface area (Å²) in [5.74, 6) is -0.530. The van der Waals surface area contributed by atoms with Crippen LogP contribution in [0.3, 0.4) is 0 Å². The number of carbonyl (C=O) groups is 2. The maximum absolute atomic E-state index is 11.9. The van der Waals surface area contributed by atoms with Crippen molar-refractivity contribution < 1.29 is 19.1 Å². The lowest BCUT2D eigenvalue weighted by Crippen LogP contribution is -2.33. The van der Waals surface area contributed by atoms with Crippen LogP contribution in [-0.2, 0) is 20.7 Å². The van der Waals surface area contributed by atoms with E-state index in [-0.39, 0.29) is 12.5 Å². The van der Waals surface area contributed by atoms with Gasteiger partial charge in [0.2, 0.25) is 0 Å². The molecule has 0 aliphatic heterocycles. The van der Waals surface area contributed by atoms with Gasteiger partial charge < -0.3 is 14.8 Å². The van der Waals surface area contributed by atoms with Crippen molar-refractivity contribution in [3.05, 3.63) is 52.2 Å². The fourth-order valence-corrected chi connectivity index (χ4v) is 2.65. The van der Waals surface area contributed by atoms with Crippen LogP contribution in [0.1, 0.15) is 17.4 Å². The topological polar surface area (TPSA) is 88.4 Å². The highest BCUT2D eigenvalue weighted by molar-refractivity contribution is 7.09. The molecular formula is C18H18N2O4S. The van der Waals surface area contributed by atoms with Crippen LogP contribution in [0.2, 0.25) is 0 Å². The molecule has 0 bridgehead atoms. The highest BCUT2D eigenvalue weighted by Gasteiger charge is 2.17. The third kappa shape index (κ3) is 6.28. The highest BCUT2D eigenvalue weighted by atomic mass is 32.1. The second-order valence-electron chi connectivity index (χ2n) is 5.18. The summed E-state index contributed by atoms with van der Waals surface area (Å²) in [6.45, 7) is 1.69. The summed E-state index contributed by atoms with van der Waals surface area (Å²) in [6, 6.07) is 12.3. The van der Waals surface area contributed by atoms with Crippen LogP contribution in [-0.4, -0.2) is 31.1 Å². The molecule has 0 saturated carbocycles. The molecule has 0 saturated heterocycles. The molecule has 0 spiro atoms. The first-order valence-electron chi connectivity index (χ1n) is 7.71. The number of ether oxygens (including phenoxy) is 2. The van der Waals surface area contributed by atoms with Gasteiger partial charge in [-0.1, -0.05) is 6.07 Å². The van der Waals surface area contributed by atoms with Gasteiger partial charge in [0.1, 0.15) is 5.75 Å². The normalized spacial score (nSPS) is 11.2. The molecule has 130 valence electrons. The van der Waals surface area contributed by atoms with Gasteiger partial charge in [0.15, 0.2) is 12.7 Å². The Bertz CT molecular complexity index is 735. The number of nitriles is 1. The van der Waals surface area contributed by atoms with Gasteiger partial charge in [-0.2, -0.15) is 5.26 Å². The molecule has 0 aliphatic rings. The number of hydrogen-bond acceptors (Lipinski definition) is 6. The Morgan fingerprint density at radius 1 is 1.28 bits per heavy atom. The van der Waals surface area contributed by atoms with E-state index in [1.807, 2.05) is 23.6 Å². The number of nitrogens with one attached hydrogen (secondary N) is 1. The molecule has 0 radical (unpaired) electrons. The lowest BCUT2D eigenvalue weighted by Gasteiger charge is -2.14. The number of hydrogen-bond donors (Lipinski definition) is 1. The van der Waals surface area contributed by atoms with E-state index in [4.69, 9.17) is 14.7 Å². The molecule has 2 rings (SSSR count). The summed E-state index contributed by atoms with van der Waals surface area (Å²) in [7, 11) is 0. The van der Waals surface area contributed by atoms with E-state index in [9.17, 15) is 9.59 Å². The number of thiophene rings is 1. The summed E-state index contributed by atoms with van der Waals surface area (Å²) in [5.41, 5.74) is 0.502. The van der Waals surface area contributed by atoms with E-state index in [0.717, 1.165) is 6.42 Å². The standard InChI is InChI=1S/C18H18N2O4S/c1-13(24-15-6-4-14(11-19)5-7-15)18(22)23-12-17(21)20-9-8-16-3-2-10-25-16/h2-7,10,13H,8-9,12H2,1H3,(H,20,21)/t13-/m1/s1. The minimum atomic E-state index is -0.855. The van der Waals surface area contributed by atoms with Gasteiger partial charge in [-0.3, -0.25) is 4.79 Å². The van der Waals surface area contributed by atoms with Gasteiger partial charge in [-0.25, -0.2) is 4.79 Å². The number of rotatable bonds is 8.